The molecule has 0 aliphatic heterocycles. The first-order chi connectivity index (χ1) is 19.0. The average Bonchev–Trinajstić information content (AvgIpc) is 2.92. The number of aryl methyl sites for hydroxylation is 2. The van der Waals surface area contributed by atoms with Gasteiger partial charge in [-0.2, -0.15) is 0 Å². The van der Waals surface area contributed by atoms with Gasteiger partial charge in [-0.25, -0.2) is 8.42 Å². The highest BCUT2D eigenvalue weighted by Crippen LogP contribution is 2.27. The molecule has 7 nitrogen and oxygen atoms in total. The second kappa shape index (κ2) is 14.0. The van der Waals surface area contributed by atoms with Gasteiger partial charge in [-0.3, -0.25) is 13.9 Å². The summed E-state index contributed by atoms with van der Waals surface area (Å²) in [4.78, 5) is 28.7. The molecular weight excluding hydrogens is 569 g/mol. The Morgan fingerprint density at radius 3 is 2.20 bits per heavy atom. The van der Waals surface area contributed by atoms with E-state index < -0.39 is 28.5 Å². The van der Waals surface area contributed by atoms with Crippen molar-refractivity contribution in [3.63, 3.8) is 0 Å². The number of rotatable bonds is 12. The number of nitrogens with one attached hydrogen (secondary N) is 1. The van der Waals surface area contributed by atoms with Crippen molar-refractivity contribution in [3.05, 3.63) is 93.5 Å². The van der Waals surface area contributed by atoms with Crippen LogP contribution in [0.15, 0.2) is 71.6 Å². The van der Waals surface area contributed by atoms with Crippen LogP contribution in [0.5, 0.6) is 0 Å². The Morgan fingerprint density at radius 2 is 1.60 bits per heavy atom. The first kappa shape index (κ1) is 31.5. The number of nitrogens with zero attached hydrogens (tertiary/aromatic N) is 2. The molecule has 40 heavy (non-hydrogen) atoms. The molecule has 0 saturated heterocycles. The lowest BCUT2D eigenvalue weighted by Crippen LogP contribution is -2.52. The molecule has 214 valence electrons. The van der Waals surface area contributed by atoms with E-state index in [2.05, 4.69) is 5.32 Å². The number of amides is 2. The number of halogens is 2. The van der Waals surface area contributed by atoms with Gasteiger partial charge in [0, 0.05) is 13.1 Å². The SMILES string of the molecule is CCCNC(=O)[C@H](CC)N(Cc1ccc(Cl)c(Cl)c1)C(=O)CN(c1cccc(C)c1)S(=O)(=O)c1ccc(C)cc1. The summed E-state index contributed by atoms with van der Waals surface area (Å²) >= 11 is 12.3. The van der Waals surface area contributed by atoms with E-state index in [0.717, 1.165) is 21.9 Å². The number of carbonyl (C=O) groups excluding carboxylic acids is 2. The maximum atomic E-state index is 14.1. The van der Waals surface area contributed by atoms with Crippen molar-refractivity contribution in [2.45, 2.75) is 58.0 Å². The van der Waals surface area contributed by atoms with Crippen molar-refractivity contribution in [2.75, 3.05) is 17.4 Å². The monoisotopic (exact) mass is 603 g/mol. The molecular formula is C30H35Cl2N3O4S. The minimum absolute atomic E-state index is 0.0417. The van der Waals surface area contributed by atoms with Gasteiger partial charge in [0.25, 0.3) is 10.0 Å². The third-order valence-corrected chi connectivity index (χ3v) is 8.98. The number of carbonyl (C=O) groups is 2. The zero-order valence-corrected chi connectivity index (χ0v) is 25.5. The van der Waals surface area contributed by atoms with E-state index in [0.29, 0.717) is 34.3 Å². The van der Waals surface area contributed by atoms with Gasteiger partial charge in [-0.05, 0) is 74.2 Å². The number of hydrogen-bond acceptors (Lipinski definition) is 4. The third kappa shape index (κ3) is 7.77. The Labute approximate surface area is 247 Å². The highest BCUT2D eigenvalue weighted by Gasteiger charge is 2.33. The Balaban J connectivity index is 2.06. The standard InChI is InChI=1S/C30H35Cl2N3O4S/c1-5-16-33-30(37)28(6-2)34(19-23-12-15-26(31)27(32)18-23)29(36)20-35(24-9-7-8-22(4)17-24)40(38,39)25-13-10-21(3)11-14-25/h7-15,17-18,28H,5-6,16,19-20H2,1-4H3,(H,33,37)/t28-/m0/s1. The molecule has 1 atom stereocenters. The van der Waals surface area contributed by atoms with Crippen molar-refractivity contribution >= 4 is 50.7 Å². The number of sulfonamides is 1. The van der Waals surface area contributed by atoms with Crippen LogP contribution in [-0.2, 0) is 26.2 Å². The maximum absolute atomic E-state index is 14.1. The van der Waals surface area contributed by atoms with E-state index in [4.69, 9.17) is 23.2 Å². The molecule has 0 aliphatic rings. The van der Waals surface area contributed by atoms with Gasteiger partial charge >= 0.3 is 0 Å². The van der Waals surface area contributed by atoms with Crippen molar-refractivity contribution in [2.24, 2.45) is 0 Å². The first-order valence-electron chi connectivity index (χ1n) is 13.1. The van der Waals surface area contributed by atoms with Crippen molar-refractivity contribution < 1.29 is 18.0 Å². The molecule has 3 aromatic carbocycles. The fourth-order valence-electron chi connectivity index (χ4n) is 4.27. The minimum Gasteiger partial charge on any atom is -0.354 e. The van der Waals surface area contributed by atoms with Gasteiger partial charge in [0.15, 0.2) is 0 Å². The van der Waals surface area contributed by atoms with Gasteiger partial charge in [-0.1, -0.05) is 72.9 Å². The van der Waals surface area contributed by atoms with Crippen molar-refractivity contribution in [1.29, 1.82) is 0 Å². The Morgan fingerprint density at radius 1 is 0.900 bits per heavy atom. The number of benzene rings is 3. The van der Waals surface area contributed by atoms with E-state index in [1.54, 1.807) is 48.5 Å². The summed E-state index contributed by atoms with van der Waals surface area (Å²) in [5.41, 5.74) is 2.76. The summed E-state index contributed by atoms with van der Waals surface area (Å²) in [6.45, 7) is 7.47. The fourth-order valence-corrected chi connectivity index (χ4v) is 6.00. The molecule has 0 radical (unpaired) electrons. The lowest BCUT2D eigenvalue weighted by molar-refractivity contribution is -0.140. The Kier molecular flexibility index (Phi) is 11.0. The van der Waals surface area contributed by atoms with Crippen molar-refractivity contribution in [3.8, 4) is 0 Å². The lowest BCUT2D eigenvalue weighted by atomic mass is 10.1. The van der Waals surface area contributed by atoms with Crippen molar-refractivity contribution in [1.82, 2.24) is 10.2 Å². The summed E-state index contributed by atoms with van der Waals surface area (Å²) in [5, 5.41) is 3.55. The van der Waals surface area contributed by atoms with E-state index in [1.807, 2.05) is 33.8 Å². The predicted octanol–water partition coefficient (Wildman–Crippen LogP) is 6.14. The average molecular weight is 605 g/mol. The van der Waals surface area contributed by atoms with Crippen LogP contribution in [0.25, 0.3) is 0 Å². The van der Waals surface area contributed by atoms with Gasteiger partial charge in [-0.15, -0.1) is 0 Å². The molecule has 0 heterocycles. The largest absolute Gasteiger partial charge is 0.354 e. The summed E-state index contributed by atoms with van der Waals surface area (Å²) in [7, 11) is -4.12. The molecule has 0 unspecified atom stereocenters. The van der Waals surface area contributed by atoms with E-state index >= 15 is 0 Å². The van der Waals surface area contributed by atoms with Crippen LogP contribution in [0, 0.1) is 13.8 Å². The molecule has 0 aromatic heterocycles. The van der Waals surface area contributed by atoms with Crippen LogP contribution in [0.2, 0.25) is 10.0 Å². The quantitative estimate of drug-likeness (QED) is 0.269. The van der Waals surface area contributed by atoms with Crippen LogP contribution >= 0.6 is 23.2 Å². The lowest BCUT2D eigenvalue weighted by Gasteiger charge is -2.33. The third-order valence-electron chi connectivity index (χ3n) is 6.45. The van der Waals surface area contributed by atoms with E-state index in [-0.39, 0.29) is 17.3 Å². The summed E-state index contributed by atoms with van der Waals surface area (Å²) in [5.74, 6) is -0.831. The molecule has 10 heteroatoms. The molecule has 0 saturated carbocycles. The van der Waals surface area contributed by atoms with Crippen LogP contribution in [-0.4, -0.2) is 44.3 Å². The Hall–Kier alpha value is -3.07. The normalized spacial score (nSPS) is 12.1. The van der Waals surface area contributed by atoms with Gasteiger partial charge in [0.1, 0.15) is 12.6 Å². The second-order valence-corrected chi connectivity index (χ2v) is 12.3. The van der Waals surface area contributed by atoms with Gasteiger partial charge in [0.05, 0.1) is 20.6 Å². The summed E-state index contributed by atoms with van der Waals surface area (Å²) < 4.78 is 28.9. The van der Waals surface area contributed by atoms with E-state index in [9.17, 15) is 18.0 Å². The molecule has 0 aliphatic carbocycles. The van der Waals surface area contributed by atoms with Gasteiger partial charge < -0.3 is 10.2 Å². The smallest absolute Gasteiger partial charge is 0.264 e. The van der Waals surface area contributed by atoms with Crippen LogP contribution < -0.4 is 9.62 Å². The molecule has 2 amide bonds. The zero-order chi connectivity index (χ0) is 29.4. The molecule has 0 spiro atoms. The van der Waals surface area contributed by atoms with Crippen LogP contribution in [0.1, 0.15) is 43.4 Å². The molecule has 1 N–H and O–H groups in total. The highest BCUT2D eigenvalue weighted by molar-refractivity contribution is 7.92. The maximum Gasteiger partial charge on any atom is 0.264 e. The summed E-state index contributed by atoms with van der Waals surface area (Å²) in [6, 6.07) is 17.6. The van der Waals surface area contributed by atoms with Crippen LogP contribution in [0.3, 0.4) is 0 Å². The zero-order valence-electron chi connectivity index (χ0n) is 23.2. The second-order valence-electron chi connectivity index (χ2n) is 9.65. The Bertz CT molecular complexity index is 1450. The topological polar surface area (TPSA) is 86.8 Å². The molecule has 3 rings (SSSR count). The molecule has 3 aromatic rings. The fraction of sp³-hybridized carbons (Fsp3) is 0.333. The predicted molar refractivity (Wildman–Crippen MR) is 161 cm³/mol. The highest BCUT2D eigenvalue weighted by atomic mass is 35.5. The number of hydrogen-bond donors (Lipinski definition) is 1. The molecule has 0 fully saturated rings. The van der Waals surface area contributed by atoms with Gasteiger partial charge in [0.2, 0.25) is 11.8 Å². The number of anilines is 1. The first-order valence-corrected chi connectivity index (χ1v) is 15.3. The van der Waals surface area contributed by atoms with Crippen LogP contribution in [0.4, 0.5) is 5.69 Å². The molecule has 0 bridgehead atoms. The van der Waals surface area contributed by atoms with E-state index in [1.165, 1.54) is 17.0 Å². The minimum atomic E-state index is -4.12. The summed E-state index contributed by atoms with van der Waals surface area (Å²) in [6.07, 6.45) is 1.07.